The largest absolute Gasteiger partial charge is 0.464 e. The van der Waals surface area contributed by atoms with Gasteiger partial charge in [0.05, 0.1) is 30.8 Å². The molecule has 1 saturated heterocycles. The first kappa shape index (κ1) is 24.3. The molecule has 7 nitrogen and oxygen atoms in total. The number of nitrogens with zero attached hydrogens (tertiary/aromatic N) is 3. The van der Waals surface area contributed by atoms with Crippen LogP contribution >= 0.6 is 11.6 Å². The molecule has 1 unspecified atom stereocenters. The fourth-order valence-corrected chi connectivity index (χ4v) is 3.61. The van der Waals surface area contributed by atoms with E-state index in [1.54, 1.807) is 24.0 Å². The Hall–Kier alpha value is -3.32. The number of esters is 1. The summed E-state index contributed by atoms with van der Waals surface area (Å²) in [5.41, 5.74) is -1.30. The maximum absolute atomic E-state index is 12.7. The van der Waals surface area contributed by atoms with Crippen molar-refractivity contribution >= 4 is 29.3 Å². The number of hydrogen-bond acceptors (Lipinski definition) is 6. The maximum Gasteiger partial charge on any atom is 0.416 e. The number of nitriles is 1. The molecule has 0 aliphatic carbocycles. The molecule has 174 valence electrons. The van der Waals surface area contributed by atoms with Crippen LogP contribution in [0.2, 0.25) is 0 Å². The number of carbonyl (C=O) groups excluding carboxylic acids is 2. The summed E-state index contributed by atoms with van der Waals surface area (Å²) in [4.78, 5) is 31.2. The monoisotopic (exact) mass is 480 g/mol. The van der Waals surface area contributed by atoms with Crippen LogP contribution in [-0.2, 0) is 26.9 Å². The Morgan fingerprint density at radius 3 is 2.45 bits per heavy atom. The van der Waals surface area contributed by atoms with Gasteiger partial charge in [-0.1, -0.05) is 12.1 Å². The summed E-state index contributed by atoms with van der Waals surface area (Å²) in [6.45, 7) is 1.92. The summed E-state index contributed by atoms with van der Waals surface area (Å²) < 4.78 is 43.3. The number of anilines is 1. The van der Waals surface area contributed by atoms with Gasteiger partial charge in [0.25, 0.3) is 0 Å². The van der Waals surface area contributed by atoms with Crippen molar-refractivity contribution in [3.8, 4) is 6.07 Å². The highest BCUT2D eigenvalue weighted by Gasteiger charge is 2.52. The minimum Gasteiger partial charge on any atom is -0.464 e. The molecule has 0 spiro atoms. The number of hydrogen-bond donors (Lipinski definition) is 1. The number of amides is 1. The number of ether oxygens (including phenoxy) is 1. The van der Waals surface area contributed by atoms with Gasteiger partial charge in [-0.15, -0.1) is 11.6 Å². The van der Waals surface area contributed by atoms with Gasteiger partial charge < -0.3 is 15.0 Å². The minimum atomic E-state index is -4.46. The number of benzene rings is 1. The first-order valence-corrected chi connectivity index (χ1v) is 10.4. The van der Waals surface area contributed by atoms with E-state index in [-0.39, 0.29) is 26.1 Å². The summed E-state index contributed by atoms with van der Waals surface area (Å²) in [7, 11) is 0. The number of rotatable bonds is 7. The van der Waals surface area contributed by atoms with Crippen molar-refractivity contribution in [2.45, 2.75) is 30.4 Å². The standard InChI is InChI=1S/C22H20ClF3N4O3/c1-2-33-20(32)21(12-30(13-21)18-8-5-15(10-27)11-28-18)29-19(31)17(23)9-14-3-6-16(7-4-14)22(24,25)26/h3-8,11,17H,2,9,12-13H2,1H3,(H,29,31). The molecule has 2 heterocycles. The molecule has 11 heteroatoms. The van der Waals surface area contributed by atoms with Gasteiger partial charge in [0.15, 0.2) is 5.54 Å². The fraction of sp³-hybridized carbons (Fsp3) is 0.364. The third-order valence-electron chi connectivity index (χ3n) is 5.13. The Morgan fingerprint density at radius 2 is 1.94 bits per heavy atom. The van der Waals surface area contributed by atoms with E-state index in [2.05, 4.69) is 10.3 Å². The Labute approximate surface area is 193 Å². The van der Waals surface area contributed by atoms with E-state index in [9.17, 15) is 22.8 Å². The molecule has 1 amide bonds. The molecule has 0 radical (unpaired) electrons. The molecular formula is C22H20ClF3N4O3. The van der Waals surface area contributed by atoms with Crippen LogP contribution in [0.3, 0.4) is 0 Å². The number of alkyl halides is 4. The van der Waals surface area contributed by atoms with Crippen LogP contribution in [-0.4, -0.2) is 47.5 Å². The van der Waals surface area contributed by atoms with Crippen LogP contribution in [0.25, 0.3) is 0 Å². The zero-order chi connectivity index (χ0) is 24.2. The van der Waals surface area contributed by atoms with E-state index in [4.69, 9.17) is 21.6 Å². The van der Waals surface area contributed by atoms with E-state index in [0.717, 1.165) is 12.1 Å². The second-order valence-electron chi connectivity index (χ2n) is 7.53. The Morgan fingerprint density at radius 1 is 1.27 bits per heavy atom. The summed E-state index contributed by atoms with van der Waals surface area (Å²) in [5, 5.41) is 10.4. The normalized spacial score (nSPS) is 15.7. The molecule has 1 aliphatic heterocycles. The van der Waals surface area contributed by atoms with E-state index in [1.165, 1.54) is 18.3 Å². The lowest BCUT2D eigenvalue weighted by Gasteiger charge is -2.48. The van der Waals surface area contributed by atoms with Gasteiger partial charge in [-0.25, -0.2) is 9.78 Å². The third kappa shape index (κ3) is 5.54. The second kappa shape index (κ2) is 9.67. The molecule has 1 atom stereocenters. The van der Waals surface area contributed by atoms with Crippen molar-refractivity contribution in [2.75, 3.05) is 24.6 Å². The lowest BCUT2D eigenvalue weighted by Crippen LogP contribution is -2.75. The molecule has 1 aromatic carbocycles. The van der Waals surface area contributed by atoms with Gasteiger partial charge in [-0.3, -0.25) is 4.79 Å². The molecule has 1 N–H and O–H groups in total. The van der Waals surface area contributed by atoms with E-state index in [1.807, 2.05) is 6.07 Å². The van der Waals surface area contributed by atoms with Gasteiger partial charge in [0.1, 0.15) is 17.3 Å². The predicted octanol–water partition coefficient (Wildman–Crippen LogP) is 3.06. The highest BCUT2D eigenvalue weighted by atomic mass is 35.5. The van der Waals surface area contributed by atoms with Crippen molar-refractivity contribution in [2.24, 2.45) is 0 Å². The molecule has 0 saturated carbocycles. The zero-order valence-electron chi connectivity index (χ0n) is 17.5. The Kier molecular flexibility index (Phi) is 7.12. The van der Waals surface area contributed by atoms with Crippen molar-refractivity contribution in [1.82, 2.24) is 10.3 Å². The highest BCUT2D eigenvalue weighted by molar-refractivity contribution is 6.31. The van der Waals surface area contributed by atoms with Crippen LogP contribution < -0.4 is 10.2 Å². The summed E-state index contributed by atoms with van der Waals surface area (Å²) in [5.74, 6) is -0.742. The molecule has 1 fully saturated rings. The van der Waals surface area contributed by atoms with E-state index in [0.29, 0.717) is 16.9 Å². The predicted molar refractivity (Wildman–Crippen MR) is 113 cm³/mol. The molecule has 1 aromatic heterocycles. The number of carbonyl (C=O) groups is 2. The van der Waals surface area contributed by atoms with Gasteiger partial charge >= 0.3 is 12.1 Å². The van der Waals surface area contributed by atoms with Gasteiger partial charge in [0.2, 0.25) is 5.91 Å². The zero-order valence-corrected chi connectivity index (χ0v) is 18.3. The smallest absolute Gasteiger partial charge is 0.416 e. The maximum atomic E-state index is 12.7. The molecule has 1 aliphatic rings. The number of pyridine rings is 1. The molecule has 2 aromatic rings. The number of aromatic nitrogens is 1. The highest BCUT2D eigenvalue weighted by Crippen LogP contribution is 2.30. The fourth-order valence-electron chi connectivity index (χ4n) is 3.38. The summed E-state index contributed by atoms with van der Waals surface area (Å²) in [6, 6.07) is 9.54. The molecule has 3 rings (SSSR count). The van der Waals surface area contributed by atoms with Crippen molar-refractivity contribution in [1.29, 1.82) is 5.26 Å². The van der Waals surface area contributed by atoms with Crippen LogP contribution in [0.15, 0.2) is 42.6 Å². The minimum absolute atomic E-state index is 0.0225. The average molecular weight is 481 g/mol. The molecule has 0 bridgehead atoms. The van der Waals surface area contributed by atoms with Crippen molar-refractivity contribution in [3.63, 3.8) is 0 Å². The third-order valence-corrected chi connectivity index (χ3v) is 5.48. The van der Waals surface area contributed by atoms with Gasteiger partial charge in [0, 0.05) is 6.20 Å². The van der Waals surface area contributed by atoms with Crippen molar-refractivity contribution in [3.05, 3.63) is 59.3 Å². The van der Waals surface area contributed by atoms with Crippen LogP contribution in [0.1, 0.15) is 23.6 Å². The number of halogens is 4. The topological polar surface area (TPSA) is 95.3 Å². The quantitative estimate of drug-likeness (QED) is 0.483. The van der Waals surface area contributed by atoms with Gasteiger partial charge in [-0.2, -0.15) is 18.4 Å². The van der Waals surface area contributed by atoms with Crippen molar-refractivity contribution < 1.29 is 27.5 Å². The lowest BCUT2D eigenvalue weighted by atomic mass is 9.89. The Balaban J connectivity index is 1.67. The molecular weight excluding hydrogens is 461 g/mol. The lowest BCUT2D eigenvalue weighted by molar-refractivity contribution is -0.154. The van der Waals surface area contributed by atoms with Crippen LogP contribution in [0.5, 0.6) is 0 Å². The SMILES string of the molecule is CCOC(=O)C1(NC(=O)C(Cl)Cc2ccc(C(F)(F)F)cc2)CN(c2ccc(C#N)cn2)C1. The van der Waals surface area contributed by atoms with E-state index >= 15 is 0 Å². The average Bonchev–Trinajstić information content (AvgIpc) is 2.75. The van der Waals surface area contributed by atoms with Crippen LogP contribution in [0, 0.1) is 11.3 Å². The van der Waals surface area contributed by atoms with Crippen LogP contribution in [0.4, 0.5) is 19.0 Å². The first-order chi connectivity index (χ1) is 15.6. The van der Waals surface area contributed by atoms with Gasteiger partial charge in [-0.05, 0) is 43.2 Å². The first-order valence-electron chi connectivity index (χ1n) is 9.98. The summed E-state index contributed by atoms with van der Waals surface area (Å²) in [6.07, 6.45) is -3.08. The number of nitrogens with one attached hydrogen (secondary N) is 1. The summed E-state index contributed by atoms with van der Waals surface area (Å²) >= 11 is 6.21. The molecule has 33 heavy (non-hydrogen) atoms. The van der Waals surface area contributed by atoms with E-state index < -0.39 is 34.5 Å². The second-order valence-corrected chi connectivity index (χ2v) is 8.06. The Bertz CT molecular complexity index is 1050.